The number of rotatable bonds is 4. The Morgan fingerprint density at radius 1 is 1.25 bits per heavy atom. The molecule has 1 aliphatic rings. The molecule has 0 saturated heterocycles. The van der Waals surface area contributed by atoms with Crippen molar-refractivity contribution >= 4 is 11.7 Å². The minimum Gasteiger partial charge on any atom is -0.481 e. The second-order valence-electron chi connectivity index (χ2n) is 5.23. The van der Waals surface area contributed by atoms with E-state index in [9.17, 15) is 18.0 Å². The molecule has 0 aromatic heterocycles. The van der Waals surface area contributed by atoms with Crippen LogP contribution in [0.5, 0.6) is 0 Å². The first-order valence-electron chi connectivity index (χ1n) is 6.49. The van der Waals surface area contributed by atoms with E-state index < -0.39 is 23.2 Å². The Labute approximate surface area is 114 Å². The molecule has 1 aromatic carbocycles. The van der Waals surface area contributed by atoms with Crippen LogP contribution >= 0.6 is 0 Å². The molecule has 0 spiro atoms. The number of carbonyl (C=O) groups is 1. The van der Waals surface area contributed by atoms with Crippen molar-refractivity contribution in [1.29, 1.82) is 0 Å². The number of para-hydroxylation sites is 1. The van der Waals surface area contributed by atoms with Gasteiger partial charge in [0.25, 0.3) is 0 Å². The Balaban J connectivity index is 2.30. The van der Waals surface area contributed by atoms with Crippen molar-refractivity contribution in [3.8, 4) is 0 Å². The standard InChI is InChI=1S/C14H16F3NO2/c15-14(16,17)10-5-1-2-6-11(10)18-13(9-12(19)20)7-3-4-8-13/h1-2,5-6,18H,3-4,7-9H2,(H,19,20). The molecule has 2 N–H and O–H groups in total. The largest absolute Gasteiger partial charge is 0.481 e. The van der Waals surface area contributed by atoms with Crippen LogP contribution in [0.3, 0.4) is 0 Å². The van der Waals surface area contributed by atoms with E-state index >= 15 is 0 Å². The van der Waals surface area contributed by atoms with E-state index in [0.717, 1.165) is 18.9 Å². The van der Waals surface area contributed by atoms with Gasteiger partial charge in [0.15, 0.2) is 0 Å². The topological polar surface area (TPSA) is 49.3 Å². The summed E-state index contributed by atoms with van der Waals surface area (Å²) in [7, 11) is 0. The third-order valence-electron chi connectivity index (χ3n) is 3.68. The highest BCUT2D eigenvalue weighted by Crippen LogP contribution is 2.40. The Kier molecular flexibility index (Phi) is 3.92. The van der Waals surface area contributed by atoms with Crippen LogP contribution in [-0.4, -0.2) is 16.6 Å². The lowest BCUT2D eigenvalue weighted by Gasteiger charge is -2.31. The SMILES string of the molecule is O=C(O)CC1(Nc2ccccc2C(F)(F)F)CCCC1. The summed E-state index contributed by atoms with van der Waals surface area (Å²) in [5.41, 5.74) is -1.56. The molecule has 3 nitrogen and oxygen atoms in total. The van der Waals surface area contributed by atoms with Gasteiger partial charge in [-0.15, -0.1) is 0 Å². The molecule has 110 valence electrons. The van der Waals surface area contributed by atoms with Gasteiger partial charge >= 0.3 is 12.1 Å². The highest BCUT2D eigenvalue weighted by Gasteiger charge is 2.39. The van der Waals surface area contributed by atoms with Gasteiger partial charge in [0.2, 0.25) is 0 Å². The number of nitrogens with one attached hydrogen (secondary N) is 1. The molecule has 2 rings (SSSR count). The number of carboxylic acids is 1. The minimum atomic E-state index is -4.45. The van der Waals surface area contributed by atoms with Crippen LogP contribution in [0.15, 0.2) is 24.3 Å². The molecule has 0 aliphatic heterocycles. The van der Waals surface area contributed by atoms with Crippen LogP contribution in [-0.2, 0) is 11.0 Å². The van der Waals surface area contributed by atoms with Crippen molar-refractivity contribution in [3.05, 3.63) is 29.8 Å². The summed E-state index contributed by atoms with van der Waals surface area (Å²) < 4.78 is 38.9. The third kappa shape index (κ3) is 3.23. The molecule has 0 atom stereocenters. The summed E-state index contributed by atoms with van der Waals surface area (Å²) >= 11 is 0. The van der Waals surface area contributed by atoms with E-state index in [-0.39, 0.29) is 12.1 Å². The van der Waals surface area contributed by atoms with Crippen molar-refractivity contribution in [1.82, 2.24) is 0 Å². The number of halogens is 3. The number of alkyl halides is 3. The molecule has 1 saturated carbocycles. The summed E-state index contributed by atoms with van der Waals surface area (Å²) in [4.78, 5) is 11.0. The lowest BCUT2D eigenvalue weighted by atomic mass is 9.92. The highest BCUT2D eigenvalue weighted by molar-refractivity contribution is 5.70. The Morgan fingerprint density at radius 3 is 2.40 bits per heavy atom. The first-order chi connectivity index (χ1) is 9.32. The number of benzene rings is 1. The fraction of sp³-hybridized carbons (Fsp3) is 0.500. The van der Waals surface area contributed by atoms with Gasteiger partial charge in [0.1, 0.15) is 0 Å². The minimum absolute atomic E-state index is 0.0387. The van der Waals surface area contributed by atoms with E-state index in [1.54, 1.807) is 0 Å². The van der Waals surface area contributed by atoms with Crippen LogP contribution in [0.1, 0.15) is 37.7 Å². The quantitative estimate of drug-likeness (QED) is 0.882. The lowest BCUT2D eigenvalue weighted by Crippen LogP contribution is -2.38. The molecule has 1 aromatic rings. The zero-order valence-electron chi connectivity index (χ0n) is 10.8. The zero-order chi connectivity index (χ0) is 14.8. The molecule has 20 heavy (non-hydrogen) atoms. The van der Waals surface area contributed by atoms with Gasteiger partial charge in [-0.05, 0) is 25.0 Å². The van der Waals surface area contributed by atoms with Crippen molar-refractivity contribution in [3.63, 3.8) is 0 Å². The maximum Gasteiger partial charge on any atom is 0.418 e. The number of hydrogen-bond acceptors (Lipinski definition) is 2. The van der Waals surface area contributed by atoms with Gasteiger partial charge in [0.05, 0.1) is 12.0 Å². The van der Waals surface area contributed by atoms with Crippen LogP contribution in [0.2, 0.25) is 0 Å². The van der Waals surface area contributed by atoms with Gasteiger partial charge in [-0.25, -0.2) is 0 Å². The maximum absolute atomic E-state index is 13.0. The van der Waals surface area contributed by atoms with E-state index in [2.05, 4.69) is 5.32 Å². The molecule has 6 heteroatoms. The van der Waals surface area contributed by atoms with E-state index in [0.29, 0.717) is 12.8 Å². The summed E-state index contributed by atoms with van der Waals surface area (Å²) in [6.45, 7) is 0. The molecule has 1 aliphatic carbocycles. The summed E-state index contributed by atoms with van der Waals surface area (Å²) in [5, 5.41) is 11.8. The highest BCUT2D eigenvalue weighted by atomic mass is 19.4. The number of carboxylic acid groups (broad SMARTS) is 1. The van der Waals surface area contributed by atoms with E-state index in [1.165, 1.54) is 18.2 Å². The predicted molar refractivity (Wildman–Crippen MR) is 68.5 cm³/mol. The molecule has 1 fully saturated rings. The molecule has 0 heterocycles. The fourth-order valence-electron chi connectivity index (χ4n) is 2.81. The average Bonchev–Trinajstić information content (AvgIpc) is 2.75. The van der Waals surface area contributed by atoms with Crippen molar-refractivity contribution < 1.29 is 23.1 Å². The van der Waals surface area contributed by atoms with Gasteiger partial charge in [-0.2, -0.15) is 13.2 Å². The van der Waals surface area contributed by atoms with Crippen LogP contribution in [0.4, 0.5) is 18.9 Å². The second-order valence-corrected chi connectivity index (χ2v) is 5.23. The number of hydrogen-bond donors (Lipinski definition) is 2. The first kappa shape index (κ1) is 14.7. The first-order valence-corrected chi connectivity index (χ1v) is 6.49. The third-order valence-corrected chi connectivity index (χ3v) is 3.68. The second kappa shape index (κ2) is 5.34. The number of anilines is 1. The van der Waals surface area contributed by atoms with Crippen LogP contribution in [0, 0.1) is 0 Å². The molecule has 0 unspecified atom stereocenters. The fourth-order valence-corrected chi connectivity index (χ4v) is 2.81. The molecule has 0 bridgehead atoms. The van der Waals surface area contributed by atoms with Gasteiger partial charge in [-0.1, -0.05) is 25.0 Å². The Morgan fingerprint density at radius 2 is 1.85 bits per heavy atom. The van der Waals surface area contributed by atoms with Crippen molar-refractivity contribution in [2.45, 2.75) is 43.8 Å². The molecular formula is C14H16F3NO2. The Hall–Kier alpha value is -1.72. The van der Waals surface area contributed by atoms with Gasteiger partial charge in [-0.3, -0.25) is 4.79 Å². The normalized spacial score (nSPS) is 17.9. The predicted octanol–water partition coefficient (Wildman–Crippen LogP) is 3.90. The monoisotopic (exact) mass is 287 g/mol. The molecule has 0 radical (unpaired) electrons. The average molecular weight is 287 g/mol. The van der Waals surface area contributed by atoms with Gasteiger partial charge in [0, 0.05) is 11.2 Å². The lowest BCUT2D eigenvalue weighted by molar-refractivity contribution is -0.138. The maximum atomic E-state index is 13.0. The van der Waals surface area contributed by atoms with E-state index in [4.69, 9.17) is 5.11 Å². The summed E-state index contributed by atoms with van der Waals surface area (Å²) in [6.07, 6.45) is -1.81. The van der Waals surface area contributed by atoms with E-state index in [1.807, 2.05) is 0 Å². The van der Waals surface area contributed by atoms with Crippen LogP contribution in [0.25, 0.3) is 0 Å². The van der Waals surface area contributed by atoms with Crippen LogP contribution < -0.4 is 5.32 Å². The van der Waals surface area contributed by atoms with Gasteiger partial charge < -0.3 is 10.4 Å². The molecular weight excluding hydrogens is 271 g/mol. The number of aliphatic carboxylic acids is 1. The zero-order valence-corrected chi connectivity index (χ0v) is 10.8. The Bertz CT molecular complexity index is 493. The van der Waals surface area contributed by atoms with Crippen molar-refractivity contribution in [2.75, 3.05) is 5.32 Å². The smallest absolute Gasteiger partial charge is 0.418 e. The van der Waals surface area contributed by atoms with Crippen molar-refractivity contribution in [2.24, 2.45) is 0 Å². The molecule has 0 amide bonds. The summed E-state index contributed by atoms with van der Waals surface area (Å²) in [5.74, 6) is -0.996. The summed E-state index contributed by atoms with van der Waals surface area (Å²) in [6, 6.07) is 5.20.